The van der Waals surface area contributed by atoms with Crippen LogP contribution >= 0.6 is 0 Å². The zero-order valence-corrected chi connectivity index (χ0v) is 30.9. The van der Waals surface area contributed by atoms with E-state index in [0.29, 0.717) is 0 Å². The lowest BCUT2D eigenvalue weighted by Crippen LogP contribution is -2.31. The average Bonchev–Trinajstić information content (AvgIpc) is 3.47. The van der Waals surface area contributed by atoms with Gasteiger partial charge in [-0.1, -0.05) is 140 Å². The second-order valence-electron chi connectivity index (χ2n) is 13.8. The van der Waals surface area contributed by atoms with Crippen LogP contribution in [0.4, 0.5) is 0 Å². The van der Waals surface area contributed by atoms with Crippen LogP contribution in [-0.2, 0) is 9.47 Å². The summed E-state index contributed by atoms with van der Waals surface area (Å²) < 4.78 is 13.0. The third-order valence-corrected chi connectivity index (χ3v) is 9.36. The highest BCUT2D eigenvalue weighted by atomic mass is 16.7. The lowest BCUT2D eigenvalue weighted by molar-refractivity contribution is -0.180. The average molecular weight is 643 g/mol. The van der Waals surface area contributed by atoms with E-state index < -0.39 is 0 Å². The molecule has 0 radical (unpaired) electrons. The fourth-order valence-corrected chi connectivity index (χ4v) is 6.39. The van der Waals surface area contributed by atoms with Crippen LogP contribution in [0, 0.1) is 0 Å². The molecule has 3 nitrogen and oxygen atoms in total. The zero-order chi connectivity index (χ0) is 33.1. The number of unbranched alkanes of at least 4 members (excludes halogenated alkanes) is 19. The van der Waals surface area contributed by atoms with E-state index >= 15 is 0 Å². The molecule has 268 valence electrons. The molecule has 1 atom stereocenters. The van der Waals surface area contributed by atoms with E-state index in [-0.39, 0.29) is 18.5 Å². The molecule has 1 aliphatic heterocycles. The summed E-state index contributed by atoms with van der Waals surface area (Å²) in [5.74, 6) is -0.353. The maximum absolute atomic E-state index is 9.18. The summed E-state index contributed by atoms with van der Waals surface area (Å²) in [4.78, 5) is 0. The van der Waals surface area contributed by atoms with Crippen LogP contribution in [0.5, 0.6) is 0 Å². The molecular weight excluding hydrogens is 564 g/mol. The van der Waals surface area contributed by atoms with Gasteiger partial charge in [-0.25, -0.2) is 0 Å². The maximum Gasteiger partial charge on any atom is 0.168 e. The quantitative estimate of drug-likeness (QED) is 0.0560. The molecule has 0 aromatic carbocycles. The van der Waals surface area contributed by atoms with E-state index in [1.165, 1.54) is 141 Å². The first-order valence-electron chi connectivity index (χ1n) is 20.3. The molecule has 1 unspecified atom stereocenters. The Labute approximate surface area is 287 Å². The van der Waals surface area contributed by atoms with Gasteiger partial charge in [-0.3, -0.25) is 0 Å². The van der Waals surface area contributed by atoms with Gasteiger partial charge in [0.1, 0.15) is 0 Å². The van der Waals surface area contributed by atoms with Crippen molar-refractivity contribution in [1.29, 1.82) is 0 Å². The number of allylic oxidation sites excluding steroid dienone is 8. The van der Waals surface area contributed by atoms with Gasteiger partial charge < -0.3 is 14.6 Å². The SMILES string of the molecule is CCCCC/C=C\C/C=C\CCCCCCCCC1(CCCCCCCC/C=C\C/C=C\CCCCC)OCC(CCCCO)O1. The molecule has 0 aromatic rings. The summed E-state index contributed by atoms with van der Waals surface area (Å²) in [5.41, 5.74) is 0. The van der Waals surface area contributed by atoms with Crippen molar-refractivity contribution in [2.24, 2.45) is 0 Å². The minimum absolute atomic E-state index is 0.209. The molecular formula is C43H78O3. The number of aliphatic hydroxyl groups excluding tert-OH is 1. The third-order valence-electron chi connectivity index (χ3n) is 9.36. The first-order valence-corrected chi connectivity index (χ1v) is 20.3. The Bertz CT molecular complexity index is 688. The number of rotatable bonds is 34. The number of aliphatic hydroxyl groups is 1. The Morgan fingerprint density at radius 3 is 1.35 bits per heavy atom. The monoisotopic (exact) mass is 643 g/mol. The highest BCUT2D eigenvalue weighted by molar-refractivity contribution is 4.93. The van der Waals surface area contributed by atoms with Crippen molar-refractivity contribution in [2.75, 3.05) is 13.2 Å². The molecule has 0 amide bonds. The fourth-order valence-electron chi connectivity index (χ4n) is 6.39. The molecule has 1 N–H and O–H groups in total. The summed E-state index contributed by atoms with van der Waals surface area (Å²) in [7, 11) is 0. The molecule has 0 bridgehead atoms. The molecule has 1 aliphatic rings. The van der Waals surface area contributed by atoms with E-state index in [4.69, 9.17) is 9.47 Å². The van der Waals surface area contributed by atoms with Crippen molar-refractivity contribution in [3.05, 3.63) is 48.6 Å². The van der Waals surface area contributed by atoms with Crippen molar-refractivity contribution < 1.29 is 14.6 Å². The molecule has 1 rings (SSSR count). The zero-order valence-electron chi connectivity index (χ0n) is 30.9. The Kier molecular flexibility index (Phi) is 31.4. The second-order valence-corrected chi connectivity index (χ2v) is 13.8. The highest BCUT2D eigenvalue weighted by Crippen LogP contribution is 2.36. The van der Waals surface area contributed by atoms with Crippen LogP contribution in [0.3, 0.4) is 0 Å². The maximum atomic E-state index is 9.18. The van der Waals surface area contributed by atoms with Gasteiger partial charge in [0.15, 0.2) is 5.79 Å². The number of hydrogen-bond donors (Lipinski definition) is 1. The van der Waals surface area contributed by atoms with Crippen molar-refractivity contribution >= 4 is 0 Å². The van der Waals surface area contributed by atoms with Crippen LogP contribution in [-0.4, -0.2) is 30.2 Å². The van der Waals surface area contributed by atoms with Gasteiger partial charge in [0.2, 0.25) is 0 Å². The topological polar surface area (TPSA) is 38.7 Å². The molecule has 0 spiro atoms. The molecule has 3 heteroatoms. The highest BCUT2D eigenvalue weighted by Gasteiger charge is 2.40. The van der Waals surface area contributed by atoms with E-state index in [1.807, 2.05) is 0 Å². The van der Waals surface area contributed by atoms with Gasteiger partial charge in [-0.15, -0.1) is 0 Å². The first-order chi connectivity index (χ1) is 22.8. The predicted molar refractivity (Wildman–Crippen MR) is 202 cm³/mol. The summed E-state index contributed by atoms with van der Waals surface area (Å²) in [6, 6.07) is 0. The predicted octanol–water partition coefficient (Wildman–Crippen LogP) is 13.7. The second kappa shape index (κ2) is 33.7. The van der Waals surface area contributed by atoms with Crippen molar-refractivity contribution in [1.82, 2.24) is 0 Å². The van der Waals surface area contributed by atoms with Crippen molar-refractivity contribution in [3.8, 4) is 0 Å². The Morgan fingerprint density at radius 2 is 0.913 bits per heavy atom. The van der Waals surface area contributed by atoms with Gasteiger partial charge >= 0.3 is 0 Å². The van der Waals surface area contributed by atoms with Crippen LogP contribution in [0.25, 0.3) is 0 Å². The van der Waals surface area contributed by atoms with Gasteiger partial charge in [-0.05, 0) is 96.3 Å². The van der Waals surface area contributed by atoms with Crippen molar-refractivity contribution in [2.45, 2.75) is 212 Å². The van der Waals surface area contributed by atoms with E-state index in [0.717, 1.165) is 51.6 Å². The van der Waals surface area contributed by atoms with Gasteiger partial charge in [-0.2, -0.15) is 0 Å². The summed E-state index contributed by atoms with van der Waals surface area (Å²) in [6.45, 7) is 5.54. The Balaban J connectivity index is 2.15. The Hall–Kier alpha value is -1.16. The minimum atomic E-state index is -0.353. The summed E-state index contributed by atoms with van der Waals surface area (Å²) in [6.07, 6.45) is 54.7. The van der Waals surface area contributed by atoms with E-state index in [9.17, 15) is 5.11 Å². The van der Waals surface area contributed by atoms with Gasteiger partial charge in [0, 0.05) is 19.4 Å². The third kappa shape index (κ3) is 26.9. The summed E-state index contributed by atoms with van der Waals surface area (Å²) >= 11 is 0. The van der Waals surface area contributed by atoms with Crippen LogP contribution in [0.1, 0.15) is 200 Å². The first kappa shape index (κ1) is 42.9. The molecule has 1 heterocycles. The standard InChI is InChI=1S/C43H78O3/c1-3-5-7-9-11-13-15-17-19-21-23-25-27-29-31-34-38-43(45-41-42(46-43)37-33-36-40-44)39-35-32-30-28-26-24-22-20-18-16-14-12-10-8-6-4-2/h11-14,17-20,42,44H,3-10,15-16,21-41H2,1-2H3/b13-11-,14-12-,19-17-,20-18-. The van der Waals surface area contributed by atoms with Crippen LogP contribution < -0.4 is 0 Å². The largest absolute Gasteiger partial charge is 0.396 e. The number of ether oxygens (including phenoxy) is 2. The molecule has 0 aliphatic carbocycles. The molecule has 0 aromatic heterocycles. The fraction of sp³-hybridized carbons (Fsp3) is 0.814. The van der Waals surface area contributed by atoms with Crippen molar-refractivity contribution in [3.63, 3.8) is 0 Å². The molecule has 1 saturated heterocycles. The van der Waals surface area contributed by atoms with Gasteiger partial charge in [0.05, 0.1) is 12.7 Å². The van der Waals surface area contributed by atoms with Gasteiger partial charge in [0.25, 0.3) is 0 Å². The normalized spacial score (nSPS) is 16.8. The Morgan fingerprint density at radius 1 is 0.500 bits per heavy atom. The van der Waals surface area contributed by atoms with Crippen LogP contribution in [0.15, 0.2) is 48.6 Å². The lowest BCUT2D eigenvalue weighted by atomic mass is 9.98. The smallest absolute Gasteiger partial charge is 0.168 e. The lowest BCUT2D eigenvalue weighted by Gasteiger charge is -2.28. The van der Waals surface area contributed by atoms with E-state index in [2.05, 4.69) is 62.5 Å². The van der Waals surface area contributed by atoms with Crippen LogP contribution in [0.2, 0.25) is 0 Å². The summed E-state index contributed by atoms with van der Waals surface area (Å²) in [5, 5.41) is 9.18. The van der Waals surface area contributed by atoms with E-state index in [1.54, 1.807) is 0 Å². The molecule has 1 fully saturated rings. The molecule has 46 heavy (non-hydrogen) atoms. The minimum Gasteiger partial charge on any atom is -0.396 e. The molecule has 0 saturated carbocycles. The number of hydrogen-bond acceptors (Lipinski definition) is 3.